The van der Waals surface area contributed by atoms with E-state index in [1.165, 1.54) is 5.56 Å². The average molecular weight is 342 g/mol. The van der Waals surface area contributed by atoms with Gasteiger partial charge in [-0.3, -0.25) is 14.4 Å². The van der Waals surface area contributed by atoms with Gasteiger partial charge in [-0.15, -0.1) is 0 Å². The molecule has 0 saturated carbocycles. The molecule has 25 heavy (non-hydrogen) atoms. The molecule has 6 nitrogen and oxygen atoms in total. The molecule has 1 N–H and O–H groups in total. The van der Waals surface area contributed by atoms with Crippen LogP contribution in [0.1, 0.15) is 28.5 Å². The lowest BCUT2D eigenvalue weighted by molar-refractivity contribution is 0.0614. The Bertz CT molecular complexity index is 691. The van der Waals surface area contributed by atoms with Crippen LogP contribution in [0.25, 0.3) is 0 Å². The van der Waals surface area contributed by atoms with Gasteiger partial charge in [0.1, 0.15) is 0 Å². The fourth-order valence-corrected chi connectivity index (χ4v) is 3.34. The van der Waals surface area contributed by atoms with Gasteiger partial charge in [0.15, 0.2) is 0 Å². The van der Waals surface area contributed by atoms with Gasteiger partial charge >= 0.3 is 0 Å². The number of carbonyl (C=O) groups excluding carboxylic acids is 1. The highest BCUT2D eigenvalue weighted by Crippen LogP contribution is 2.16. The van der Waals surface area contributed by atoms with E-state index in [1.54, 1.807) is 6.20 Å². The van der Waals surface area contributed by atoms with E-state index in [4.69, 9.17) is 5.11 Å². The van der Waals surface area contributed by atoms with Gasteiger partial charge in [-0.05, 0) is 12.0 Å². The molecule has 0 radical (unpaired) electrons. The van der Waals surface area contributed by atoms with Gasteiger partial charge in [0, 0.05) is 32.7 Å². The highest BCUT2D eigenvalue weighted by molar-refractivity contribution is 5.95. The van der Waals surface area contributed by atoms with Gasteiger partial charge < -0.3 is 10.0 Å². The quantitative estimate of drug-likeness (QED) is 0.858. The Hall–Kier alpha value is -2.18. The van der Waals surface area contributed by atoms with Gasteiger partial charge in [0.25, 0.3) is 5.91 Å². The molecule has 6 heteroatoms. The summed E-state index contributed by atoms with van der Waals surface area (Å²) in [5.41, 5.74) is 2.89. The van der Waals surface area contributed by atoms with E-state index in [2.05, 4.69) is 29.1 Å². The molecule has 1 aliphatic heterocycles. The number of amides is 1. The lowest BCUT2D eigenvalue weighted by atomic mass is 10.1. The third kappa shape index (κ3) is 4.08. The minimum atomic E-state index is 0.0693. The van der Waals surface area contributed by atoms with E-state index in [-0.39, 0.29) is 12.5 Å². The zero-order valence-electron chi connectivity index (χ0n) is 14.8. The van der Waals surface area contributed by atoms with Gasteiger partial charge in [-0.2, -0.15) is 5.10 Å². The maximum atomic E-state index is 12.9. The van der Waals surface area contributed by atoms with E-state index in [0.29, 0.717) is 31.7 Å². The Morgan fingerprint density at radius 3 is 2.52 bits per heavy atom. The van der Waals surface area contributed by atoms with Crippen LogP contribution in [0.4, 0.5) is 0 Å². The van der Waals surface area contributed by atoms with Gasteiger partial charge in [0.05, 0.1) is 30.6 Å². The summed E-state index contributed by atoms with van der Waals surface area (Å²) in [6.45, 7) is 6.61. The first-order valence-corrected chi connectivity index (χ1v) is 8.94. The highest BCUT2D eigenvalue weighted by atomic mass is 16.3. The Morgan fingerprint density at radius 2 is 1.88 bits per heavy atom. The van der Waals surface area contributed by atoms with Crippen LogP contribution in [-0.4, -0.2) is 69.9 Å². The average Bonchev–Trinajstić information content (AvgIpc) is 3.05. The van der Waals surface area contributed by atoms with E-state index in [1.807, 2.05) is 27.8 Å². The van der Waals surface area contributed by atoms with Crippen LogP contribution < -0.4 is 0 Å². The van der Waals surface area contributed by atoms with Crippen LogP contribution in [0.2, 0.25) is 0 Å². The molecule has 1 aromatic heterocycles. The molecule has 0 aliphatic carbocycles. The summed E-state index contributed by atoms with van der Waals surface area (Å²) in [4.78, 5) is 17.0. The first-order chi connectivity index (χ1) is 12.2. The third-order valence-corrected chi connectivity index (χ3v) is 4.76. The van der Waals surface area contributed by atoms with Crippen molar-refractivity contribution in [2.45, 2.75) is 19.9 Å². The van der Waals surface area contributed by atoms with Crippen molar-refractivity contribution in [2.24, 2.45) is 0 Å². The Labute approximate surface area is 148 Å². The molecule has 3 rings (SSSR count). The monoisotopic (exact) mass is 342 g/mol. The molecule has 1 aromatic carbocycles. The first kappa shape index (κ1) is 17.6. The van der Waals surface area contributed by atoms with Crippen LogP contribution in [0.3, 0.4) is 0 Å². The molecule has 1 aliphatic rings. The smallest absolute Gasteiger partial charge is 0.257 e. The zero-order valence-corrected chi connectivity index (χ0v) is 14.8. The molecule has 1 amide bonds. The minimum Gasteiger partial charge on any atom is -0.395 e. The molecule has 0 bridgehead atoms. The molecule has 134 valence electrons. The second-order valence-electron chi connectivity index (χ2n) is 6.36. The number of hydrogen-bond donors (Lipinski definition) is 1. The SMILES string of the molecule is CCc1c(C(=O)N2CCN(CCO)CC2)cnn1Cc1ccccc1. The second-order valence-corrected chi connectivity index (χ2v) is 6.36. The summed E-state index contributed by atoms with van der Waals surface area (Å²) >= 11 is 0. The Kier molecular flexibility index (Phi) is 5.83. The van der Waals surface area contributed by atoms with Crippen molar-refractivity contribution in [1.82, 2.24) is 19.6 Å². The maximum absolute atomic E-state index is 12.9. The molecule has 0 unspecified atom stereocenters. The van der Waals surface area contributed by atoms with Crippen molar-refractivity contribution in [3.63, 3.8) is 0 Å². The van der Waals surface area contributed by atoms with Crippen LogP contribution in [0.5, 0.6) is 0 Å². The summed E-state index contributed by atoms with van der Waals surface area (Å²) in [6, 6.07) is 10.2. The lowest BCUT2D eigenvalue weighted by Gasteiger charge is -2.34. The van der Waals surface area contributed by atoms with Crippen molar-refractivity contribution in [3.8, 4) is 0 Å². The Morgan fingerprint density at radius 1 is 1.16 bits per heavy atom. The summed E-state index contributed by atoms with van der Waals surface area (Å²) in [5.74, 6) is 0.0693. The number of aromatic nitrogens is 2. The number of rotatable bonds is 6. The molecule has 2 heterocycles. The standard InChI is InChI=1S/C19H26N4O2/c1-2-18-17(14-20-23(18)15-16-6-4-3-5-7-16)19(25)22-10-8-21(9-11-22)12-13-24/h3-7,14,24H,2,8-13,15H2,1H3. The molecular formula is C19H26N4O2. The normalized spacial score (nSPS) is 15.5. The predicted molar refractivity (Wildman–Crippen MR) is 96.6 cm³/mol. The number of hydrogen-bond acceptors (Lipinski definition) is 4. The van der Waals surface area contributed by atoms with Gasteiger partial charge in [-0.1, -0.05) is 37.3 Å². The number of benzene rings is 1. The molecular weight excluding hydrogens is 316 g/mol. The molecule has 2 aromatic rings. The van der Waals surface area contributed by atoms with Gasteiger partial charge in [0.2, 0.25) is 0 Å². The third-order valence-electron chi connectivity index (χ3n) is 4.76. The summed E-state index contributed by atoms with van der Waals surface area (Å²) < 4.78 is 1.94. The number of piperazine rings is 1. The summed E-state index contributed by atoms with van der Waals surface area (Å²) in [5, 5.41) is 13.5. The molecule has 0 spiro atoms. The van der Waals surface area contributed by atoms with Crippen molar-refractivity contribution in [3.05, 3.63) is 53.3 Å². The van der Waals surface area contributed by atoms with Crippen molar-refractivity contribution >= 4 is 5.91 Å². The molecule has 0 atom stereocenters. The summed E-state index contributed by atoms with van der Waals surface area (Å²) in [7, 11) is 0. The maximum Gasteiger partial charge on any atom is 0.257 e. The summed E-state index contributed by atoms with van der Waals surface area (Å²) in [6.07, 6.45) is 2.49. The number of nitrogens with zero attached hydrogens (tertiary/aromatic N) is 4. The number of β-amino-alcohol motifs (C(OH)–C–C–N with tert-alkyl or cyclic N) is 1. The van der Waals surface area contributed by atoms with Crippen molar-refractivity contribution in [1.29, 1.82) is 0 Å². The van der Waals surface area contributed by atoms with Gasteiger partial charge in [-0.25, -0.2) is 0 Å². The lowest BCUT2D eigenvalue weighted by Crippen LogP contribution is -2.49. The number of carbonyl (C=O) groups is 1. The van der Waals surface area contributed by atoms with Crippen molar-refractivity contribution in [2.75, 3.05) is 39.3 Å². The van der Waals surface area contributed by atoms with E-state index >= 15 is 0 Å². The van der Waals surface area contributed by atoms with Crippen molar-refractivity contribution < 1.29 is 9.90 Å². The van der Waals surface area contributed by atoms with E-state index in [0.717, 1.165) is 25.2 Å². The second kappa shape index (κ2) is 8.27. The van der Waals surface area contributed by atoms with Crippen LogP contribution in [-0.2, 0) is 13.0 Å². The van der Waals surface area contributed by atoms with E-state index in [9.17, 15) is 4.79 Å². The van der Waals surface area contributed by atoms with Crippen LogP contribution >= 0.6 is 0 Å². The zero-order chi connectivity index (χ0) is 17.6. The minimum absolute atomic E-state index is 0.0693. The largest absolute Gasteiger partial charge is 0.395 e. The van der Waals surface area contributed by atoms with E-state index < -0.39 is 0 Å². The van der Waals surface area contributed by atoms with Crippen LogP contribution in [0, 0.1) is 0 Å². The Balaban J connectivity index is 1.71. The first-order valence-electron chi connectivity index (χ1n) is 8.94. The topological polar surface area (TPSA) is 61.6 Å². The molecule has 1 saturated heterocycles. The fourth-order valence-electron chi connectivity index (χ4n) is 3.34. The molecule has 1 fully saturated rings. The van der Waals surface area contributed by atoms with Crippen LogP contribution in [0.15, 0.2) is 36.5 Å². The predicted octanol–water partition coefficient (Wildman–Crippen LogP) is 1.24. The highest BCUT2D eigenvalue weighted by Gasteiger charge is 2.25. The number of aliphatic hydroxyl groups excluding tert-OH is 1. The number of aliphatic hydroxyl groups is 1. The fraction of sp³-hybridized carbons (Fsp3) is 0.474.